The second-order valence-electron chi connectivity index (χ2n) is 5.01. The van der Waals surface area contributed by atoms with Gasteiger partial charge in [0.2, 0.25) is 5.91 Å². The molecular formula is C15H17N3O. The summed E-state index contributed by atoms with van der Waals surface area (Å²) in [4.78, 5) is 17.7. The smallest absolute Gasteiger partial charge is 0.223 e. The molecule has 1 aromatic heterocycles. The fraction of sp³-hybridized carbons (Fsp3) is 0.333. The van der Waals surface area contributed by atoms with E-state index < -0.39 is 0 Å². The average Bonchev–Trinajstić information content (AvgIpc) is 2.84. The van der Waals surface area contributed by atoms with Gasteiger partial charge >= 0.3 is 0 Å². The van der Waals surface area contributed by atoms with E-state index in [0.29, 0.717) is 0 Å². The van der Waals surface area contributed by atoms with Crippen molar-refractivity contribution in [1.82, 2.24) is 9.55 Å². The minimum absolute atomic E-state index is 0.118. The van der Waals surface area contributed by atoms with Crippen LogP contribution in [0.5, 0.6) is 0 Å². The van der Waals surface area contributed by atoms with Gasteiger partial charge in [-0.1, -0.05) is 0 Å². The molecule has 19 heavy (non-hydrogen) atoms. The van der Waals surface area contributed by atoms with Crippen LogP contribution >= 0.6 is 0 Å². The Bertz CT molecular complexity index is 630. The molecule has 0 bridgehead atoms. The first-order chi connectivity index (χ1) is 9.15. The van der Waals surface area contributed by atoms with Crippen LogP contribution in [0.4, 0.5) is 5.69 Å². The predicted molar refractivity (Wildman–Crippen MR) is 74.6 cm³/mol. The molecule has 4 heteroatoms. The van der Waals surface area contributed by atoms with E-state index in [-0.39, 0.29) is 5.91 Å². The maximum Gasteiger partial charge on any atom is 0.223 e. The third kappa shape index (κ3) is 2.14. The molecule has 1 aromatic carbocycles. The predicted octanol–water partition coefficient (Wildman–Crippen LogP) is 2.48. The van der Waals surface area contributed by atoms with Crippen molar-refractivity contribution in [2.24, 2.45) is 0 Å². The molecule has 4 nitrogen and oxygen atoms in total. The number of anilines is 1. The van der Waals surface area contributed by atoms with Crippen molar-refractivity contribution < 1.29 is 4.79 Å². The Morgan fingerprint density at radius 2 is 2.21 bits per heavy atom. The largest absolute Gasteiger partial charge is 0.312 e. The molecule has 0 aliphatic carbocycles. The number of hydrogen-bond donors (Lipinski definition) is 0. The van der Waals surface area contributed by atoms with Gasteiger partial charge in [-0.15, -0.1) is 0 Å². The molecule has 0 N–H and O–H groups in total. The highest BCUT2D eigenvalue weighted by Gasteiger charge is 2.20. The lowest BCUT2D eigenvalue weighted by molar-refractivity contribution is -0.116. The zero-order chi connectivity index (χ0) is 13.4. The number of amides is 1. The van der Waals surface area contributed by atoms with Crippen molar-refractivity contribution >= 4 is 11.6 Å². The van der Waals surface area contributed by atoms with Gasteiger partial charge in [0.15, 0.2) is 0 Å². The number of aromatic nitrogens is 2. The molecule has 0 unspecified atom stereocenters. The zero-order valence-corrected chi connectivity index (χ0v) is 11.3. The van der Waals surface area contributed by atoms with Crippen LogP contribution in [0, 0.1) is 6.92 Å². The highest BCUT2D eigenvalue weighted by atomic mass is 16.2. The van der Waals surface area contributed by atoms with Gasteiger partial charge < -0.3 is 9.47 Å². The van der Waals surface area contributed by atoms with Gasteiger partial charge in [0.25, 0.3) is 0 Å². The van der Waals surface area contributed by atoms with Crippen LogP contribution in [-0.2, 0) is 11.2 Å². The lowest BCUT2D eigenvalue weighted by Crippen LogP contribution is -2.33. The molecule has 1 aliphatic heterocycles. The van der Waals surface area contributed by atoms with Gasteiger partial charge in [0.1, 0.15) is 0 Å². The van der Waals surface area contributed by atoms with Gasteiger partial charge in [0, 0.05) is 31.0 Å². The summed E-state index contributed by atoms with van der Waals surface area (Å²) in [5, 5.41) is 0. The summed E-state index contributed by atoms with van der Waals surface area (Å²) in [6.45, 7) is 4.43. The van der Waals surface area contributed by atoms with Crippen molar-refractivity contribution in [3.05, 3.63) is 42.0 Å². The molecular weight excluding hydrogens is 238 g/mol. The van der Waals surface area contributed by atoms with Gasteiger partial charge in [-0.25, -0.2) is 4.98 Å². The minimum Gasteiger partial charge on any atom is -0.312 e. The van der Waals surface area contributed by atoms with Gasteiger partial charge in [-0.3, -0.25) is 4.79 Å². The summed E-state index contributed by atoms with van der Waals surface area (Å²) in [5.74, 6) is 0.118. The third-order valence-corrected chi connectivity index (χ3v) is 3.57. The molecule has 3 rings (SSSR count). The number of rotatable bonds is 1. The number of nitrogens with zero attached hydrogens (tertiary/aromatic N) is 3. The molecule has 1 aliphatic rings. The van der Waals surface area contributed by atoms with Crippen molar-refractivity contribution in [2.75, 3.05) is 11.4 Å². The van der Waals surface area contributed by atoms with E-state index in [1.165, 1.54) is 5.56 Å². The first-order valence-corrected chi connectivity index (χ1v) is 6.57. The summed E-state index contributed by atoms with van der Waals surface area (Å²) in [5.41, 5.74) is 4.40. The number of benzene rings is 1. The zero-order valence-electron chi connectivity index (χ0n) is 11.3. The number of carbonyl (C=O) groups excluding carboxylic acids is 1. The van der Waals surface area contributed by atoms with Gasteiger partial charge in [0.05, 0.1) is 12.0 Å². The van der Waals surface area contributed by atoms with Crippen LogP contribution in [0.3, 0.4) is 0 Å². The van der Waals surface area contributed by atoms with E-state index >= 15 is 0 Å². The third-order valence-electron chi connectivity index (χ3n) is 3.57. The first-order valence-electron chi connectivity index (χ1n) is 6.57. The monoisotopic (exact) mass is 255 g/mol. The van der Waals surface area contributed by atoms with Crippen molar-refractivity contribution in [2.45, 2.75) is 26.7 Å². The lowest BCUT2D eigenvalue weighted by atomic mass is 10.0. The summed E-state index contributed by atoms with van der Waals surface area (Å²) in [7, 11) is 0. The van der Waals surface area contributed by atoms with E-state index in [1.54, 1.807) is 6.92 Å². The number of hydrogen-bond acceptors (Lipinski definition) is 2. The maximum atomic E-state index is 11.6. The Balaban J connectivity index is 2.02. The second kappa shape index (κ2) is 4.53. The molecule has 0 atom stereocenters. The maximum absolute atomic E-state index is 11.6. The Morgan fingerprint density at radius 3 is 2.89 bits per heavy atom. The number of imidazole rings is 1. The van der Waals surface area contributed by atoms with E-state index in [2.05, 4.69) is 11.1 Å². The highest BCUT2D eigenvalue weighted by Crippen LogP contribution is 2.29. The van der Waals surface area contributed by atoms with E-state index in [1.807, 2.05) is 41.0 Å². The Labute approximate surface area is 112 Å². The fourth-order valence-corrected chi connectivity index (χ4v) is 2.63. The van der Waals surface area contributed by atoms with Crippen LogP contribution in [0.25, 0.3) is 5.69 Å². The van der Waals surface area contributed by atoms with Crippen molar-refractivity contribution in [1.29, 1.82) is 0 Å². The summed E-state index contributed by atoms with van der Waals surface area (Å²) in [6.07, 6.45) is 5.88. The quantitative estimate of drug-likeness (QED) is 0.785. The SMILES string of the molecule is CC(=O)N1CCCc2cc(-n3cnc(C)c3)ccc21. The number of carbonyl (C=O) groups is 1. The van der Waals surface area contributed by atoms with Crippen LogP contribution < -0.4 is 4.90 Å². The molecule has 2 heterocycles. The van der Waals surface area contributed by atoms with E-state index in [9.17, 15) is 4.79 Å². The normalized spacial score (nSPS) is 14.3. The molecule has 2 aromatic rings. The molecule has 0 fully saturated rings. The summed E-state index contributed by atoms with van der Waals surface area (Å²) >= 11 is 0. The van der Waals surface area contributed by atoms with Crippen LogP contribution in [-0.4, -0.2) is 22.0 Å². The standard InChI is InChI=1S/C15H17N3O/c1-11-9-17(10-16-11)14-5-6-15-13(8-14)4-3-7-18(15)12(2)19/h5-6,8-10H,3-4,7H2,1-2H3. The highest BCUT2D eigenvalue weighted by molar-refractivity contribution is 5.93. The Morgan fingerprint density at radius 1 is 1.37 bits per heavy atom. The molecule has 98 valence electrons. The molecule has 0 radical (unpaired) electrons. The van der Waals surface area contributed by atoms with Crippen LogP contribution in [0.1, 0.15) is 24.6 Å². The lowest BCUT2D eigenvalue weighted by Gasteiger charge is -2.29. The molecule has 0 spiro atoms. The molecule has 0 saturated carbocycles. The van der Waals surface area contributed by atoms with Gasteiger partial charge in [-0.05, 0) is 43.5 Å². The van der Waals surface area contributed by atoms with E-state index in [0.717, 1.165) is 36.5 Å². The van der Waals surface area contributed by atoms with Crippen LogP contribution in [0.15, 0.2) is 30.7 Å². The first kappa shape index (κ1) is 12.0. The molecule has 1 amide bonds. The average molecular weight is 255 g/mol. The van der Waals surface area contributed by atoms with Crippen molar-refractivity contribution in [3.8, 4) is 5.69 Å². The van der Waals surface area contributed by atoms with Gasteiger partial charge in [-0.2, -0.15) is 0 Å². The second-order valence-corrected chi connectivity index (χ2v) is 5.01. The fourth-order valence-electron chi connectivity index (χ4n) is 2.63. The Kier molecular flexibility index (Phi) is 2.85. The number of fused-ring (bicyclic) bond motifs is 1. The summed E-state index contributed by atoms with van der Waals surface area (Å²) in [6, 6.07) is 6.24. The van der Waals surface area contributed by atoms with E-state index in [4.69, 9.17) is 0 Å². The number of aryl methyl sites for hydroxylation is 2. The minimum atomic E-state index is 0.118. The molecule has 0 saturated heterocycles. The Hall–Kier alpha value is -2.10. The van der Waals surface area contributed by atoms with Crippen molar-refractivity contribution in [3.63, 3.8) is 0 Å². The summed E-state index contributed by atoms with van der Waals surface area (Å²) < 4.78 is 2.02. The van der Waals surface area contributed by atoms with Crippen LogP contribution in [0.2, 0.25) is 0 Å². The topological polar surface area (TPSA) is 38.1 Å².